The number of benzene rings is 2. The van der Waals surface area contributed by atoms with Crippen LogP contribution in [-0.4, -0.2) is 67.5 Å². The second kappa shape index (κ2) is 10.6. The van der Waals surface area contributed by atoms with Crippen LogP contribution in [0.3, 0.4) is 0 Å². The molecule has 3 amide bonds. The van der Waals surface area contributed by atoms with E-state index < -0.39 is 32.8 Å². The van der Waals surface area contributed by atoms with Gasteiger partial charge in [0.05, 0.1) is 9.77 Å². The molecule has 0 unspecified atom stereocenters. The number of piperazine rings is 1. The zero-order valence-electron chi connectivity index (χ0n) is 19.4. The number of carbonyl (C=O) groups is 3. The quantitative estimate of drug-likeness (QED) is 0.529. The molecule has 1 fully saturated rings. The molecule has 0 bridgehead atoms. The van der Waals surface area contributed by atoms with Gasteiger partial charge >= 0.3 is 0 Å². The van der Waals surface area contributed by atoms with Crippen LogP contribution in [0.15, 0.2) is 70.9 Å². The predicted octanol–water partition coefficient (Wildman–Crippen LogP) is 2.71. The van der Waals surface area contributed by atoms with Gasteiger partial charge in [0, 0.05) is 31.7 Å². The Morgan fingerprint density at radius 1 is 0.917 bits per heavy atom. The molecule has 1 aliphatic heterocycles. The number of aryl methyl sites for hydroxylation is 1. The van der Waals surface area contributed by atoms with Gasteiger partial charge < -0.3 is 15.1 Å². The van der Waals surface area contributed by atoms with Crippen LogP contribution in [0.5, 0.6) is 0 Å². The molecule has 8 nitrogen and oxygen atoms in total. The normalized spacial score (nSPS) is 14.8. The van der Waals surface area contributed by atoms with Gasteiger partial charge in [-0.05, 0) is 54.8 Å². The van der Waals surface area contributed by atoms with E-state index in [1.165, 1.54) is 46.2 Å². The first-order valence-corrected chi connectivity index (χ1v) is 13.6. The summed E-state index contributed by atoms with van der Waals surface area (Å²) in [4.78, 5) is 42.0. The molecule has 1 aliphatic rings. The van der Waals surface area contributed by atoms with Gasteiger partial charge in [-0.3, -0.25) is 14.4 Å². The second-order valence-electron chi connectivity index (χ2n) is 8.31. The summed E-state index contributed by atoms with van der Waals surface area (Å²) >= 11 is 1.13. The fourth-order valence-corrected chi connectivity index (χ4v) is 5.90. The molecule has 11 heteroatoms. The fraction of sp³-hybridized carbons (Fsp3) is 0.240. The minimum absolute atomic E-state index is 0.0805. The maximum atomic E-state index is 13.5. The molecule has 1 N–H and O–H groups in total. The zero-order chi connectivity index (χ0) is 25.9. The number of hydrogen-bond acceptors (Lipinski definition) is 6. The lowest BCUT2D eigenvalue weighted by Gasteiger charge is -2.36. The number of rotatable bonds is 6. The van der Waals surface area contributed by atoms with E-state index in [2.05, 4.69) is 5.32 Å². The number of sulfone groups is 1. The molecule has 1 aromatic heterocycles. The van der Waals surface area contributed by atoms with E-state index in [0.29, 0.717) is 5.56 Å². The Morgan fingerprint density at radius 3 is 2.11 bits per heavy atom. The predicted molar refractivity (Wildman–Crippen MR) is 133 cm³/mol. The summed E-state index contributed by atoms with van der Waals surface area (Å²) in [5, 5.41) is 2.26. The third kappa shape index (κ3) is 5.47. The molecule has 2 heterocycles. The topological polar surface area (TPSA) is 104 Å². The van der Waals surface area contributed by atoms with Crippen LogP contribution in [0.25, 0.3) is 0 Å². The lowest BCUT2D eigenvalue weighted by molar-refractivity contribution is -0.132. The molecule has 0 spiro atoms. The molecular formula is C25H24FN3O5S2. The van der Waals surface area contributed by atoms with Crippen molar-refractivity contribution in [2.24, 2.45) is 0 Å². The summed E-state index contributed by atoms with van der Waals surface area (Å²) in [6.07, 6.45) is 0. The highest BCUT2D eigenvalue weighted by molar-refractivity contribution is 7.92. The number of hydrogen-bond donors (Lipinski definition) is 1. The molecule has 2 aromatic carbocycles. The maximum Gasteiger partial charge on any atom is 0.262 e. The van der Waals surface area contributed by atoms with Crippen LogP contribution in [0.4, 0.5) is 4.39 Å². The van der Waals surface area contributed by atoms with E-state index in [1.807, 2.05) is 6.92 Å². The van der Waals surface area contributed by atoms with E-state index in [9.17, 15) is 27.2 Å². The third-order valence-electron chi connectivity index (χ3n) is 5.86. The van der Waals surface area contributed by atoms with Crippen LogP contribution in [-0.2, 0) is 14.6 Å². The highest BCUT2D eigenvalue weighted by Gasteiger charge is 2.39. The highest BCUT2D eigenvalue weighted by atomic mass is 32.2. The van der Waals surface area contributed by atoms with Crippen LogP contribution in [0.1, 0.15) is 25.6 Å². The summed E-state index contributed by atoms with van der Waals surface area (Å²) in [6.45, 7) is 2.31. The maximum absolute atomic E-state index is 13.5. The van der Waals surface area contributed by atoms with Crippen LogP contribution in [0.2, 0.25) is 0 Å². The molecule has 0 saturated carbocycles. The van der Waals surface area contributed by atoms with Crippen molar-refractivity contribution in [2.75, 3.05) is 26.2 Å². The summed E-state index contributed by atoms with van der Waals surface area (Å²) < 4.78 is 40.1. The Kier molecular flexibility index (Phi) is 7.51. The van der Waals surface area contributed by atoms with Crippen molar-refractivity contribution in [3.63, 3.8) is 0 Å². The first kappa shape index (κ1) is 25.5. The Hall–Kier alpha value is -3.57. The molecule has 36 heavy (non-hydrogen) atoms. The lowest BCUT2D eigenvalue weighted by Crippen LogP contribution is -2.57. The molecule has 4 rings (SSSR count). The first-order valence-electron chi connectivity index (χ1n) is 11.2. The number of nitrogens with one attached hydrogen (secondary N) is 1. The van der Waals surface area contributed by atoms with Gasteiger partial charge in [0.1, 0.15) is 5.82 Å². The van der Waals surface area contributed by atoms with Gasteiger partial charge in [-0.25, -0.2) is 12.8 Å². The average Bonchev–Trinajstić information content (AvgIpc) is 3.42. The van der Waals surface area contributed by atoms with Crippen LogP contribution < -0.4 is 5.32 Å². The molecule has 188 valence electrons. The summed E-state index contributed by atoms with van der Waals surface area (Å²) in [5.41, 5.74) is 1.17. The van der Waals surface area contributed by atoms with Gasteiger partial charge in [0.25, 0.3) is 17.7 Å². The Bertz CT molecular complexity index is 1350. The van der Waals surface area contributed by atoms with Crippen molar-refractivity contribution in [3.05, 3.63) is 87.9 Å². The Labute approximate surface area is 212 Å². The third-order valence-corrected chi connectivity index (χ3v) is 8.60. The summed E-state index contributed by atoms with van der Waals surface area (Å²) in [7, 11) is -4.26. The first-order chi connectivity index (χ1) is 17.2. The van der Waals surface area contributed by atoms with E-state index in [-0.39, 0.29) is 41.9 Å². The summed E-state index contributed by atoms with van der Waals surface area (Å²) in [6, 6.07) is 14.4. The van der Waals surface area contributed by atoms with Gasteiger partial charge in [-0.1, -0.05) is 23.8 Å². The Balaban J connectivity index is 1.53. The Morgan fingerprint density at radius 2 is 1.53 bits per heavy atom. The highest BCUT2D eigenvalue weighted by Crippen LogP contribution is 2.20. The number of nitrogens with zero attached hydrogens (tertiary/aromatic N) is 2. The van der Waals surface area contributed by atoms with Crippen molar-refractivity contribution in [1.82, 2.24) is 15.1 Å². The molecule has 1 atom stereocenters. The van der Waals surface area contributed by atoms with Gasteiger partial charge in [0.2, 0.25) is 15.2 Å². The smallest absolute Gasteiger partial charge is 0.262 e. The molecular weight excluding hydrogens is 505 g/mol. The number of thiophene rings is 1. The fourth-order valence-electron chi connectivity index (χ4n) is 3.80. The monoisotopic (exact) mass is 529 g/mol. The van der Waals surface area contributed by atoms with Crippen LogP contribution in [0, 0.1) is 12.7 Å². The largest absolute Gasteiger partial charge is 0.336 e. The minimum atomic E-state index is -4.26. The zero-order valence-corrected chi connectivity index (χ0v) is 21.0. The van der Waals surface area contributed by atoms with Gasteiger partial charge in [-0.2, -0.15) is 0 Å². The standard InChI is InChI=1S/C25H24FN3O5S2/c1-17-4-10-20(11-5-17)36(33,34)23(27-22(30)21-3-2-16-35-21)25(32)29-14-12-28(13-15-29)24(31)18-6-8-19(26)9-7-18/h2-11,16,23H,12-15H2,1H3,(H,27,30)/t23-/m1/s1. The molecule has 0 aliphatic carbocycles. The van der Waals surface area contributed by atoms with Crippen molar-refractivity contribution < 1.29 is 27.2 Å². The van der Waals surface area contributed by atoms with Gasteiger partial charge in [-0.15, -0.1) is 11.3 Å². The van der Waals surface area contributed by atoms with E-state index in [4.69, 9.17) is 0 Å². The van der Waals surface area contributed by atoms with E-state index in [1.54, 1.807) is 29.6 Å². The second-order valence-corrected chi connectivity index (χ2v) is 11.3. The van der Waals surface area contributed by atoms with Crippen molar-refractivity contribution in [3.8, 4) is 0 Å². The van der Waals surface area contributed by atoms with Crippen molar-refractivity contribution in [1.29, 1.82) is 0 Å². The van der Waals surface area contributed by atoms with Gasteiger partial charge in [0.15, 0.2) is 0 Å². The van der Waals surface area contributed by atoms with E-state index in [0.717, 1.165) is 16.9 Å². The number of amides is 3. The average molecular weight is 530 g/mol. The van der Waals surface area contributed by atoms with E-state index >= 15 is 0 Å². The minimum Gasteiger partial charge on any atom is -0.336 e. The molecule has 0 radical (unpaired) electrons. The SMILES string of the molecule is Cc1ccc(S(=O)(=O)[C@@H](NC(=O)c2cccs2)C(=O)N2CCN(C(=O)c3ccc(F)cc3)CC2)cc1. The molecule has 3 aromatic rings. The number of carbonyl (C=O) groups excluding carboxylic acids is 3. The lowest BCUT2D eigenvalue weighted by atomic mass is 10.1. The summed E-state index contributed by atoms with van der Waals surface area (Å²) in [5.74, 6) is -2.19. The number of halogens is 1. The van der Waals surface area contributed by atoms with Crippen LogP contribution >= 0.6 is 11.3 Å². The van der Waals surface area contributed by atoms with Crippen molar-refractivity contribution >= 4 is 38.9 Å². The molecule has 1 saturated heterocycles. The van der Waals surface area contributed by atoms with Crippen molar-refractivity contribution in [2.45, 2.75) is 17.2 Å².